The Kier molecular flexibility index (Phi) is 5.32. The van der Waals surface area contributed by atoms with E-state index in [1.165, 1.54) is 0 Å². The first-order valence-electron chi connectivity index (χ1n) is 7.24. The highest BCUT2D eigenvalue weighted by atomic mass is 16.5. The molecule has 0 spiro atoms. The predicted molar refractivity (Wildman–Crippen MR) is 80.8 cm³/mol. The minimum absolute atomic E-state index is 0.0316. The number of ether oxygens (including phenoxy) is 1. The number of hydrogen-bond donors (Lipinski definition) is 1. The van der Waals surface area contributed by atoms with Gasteiger partial charge in [0.25, 0.3) is 0 Å². The van der Waals surface area contributed by atoms with Gasteiger partial charge in [0.15, 0.2) is 0 Å². The first-order chi connectivity index (χ1) is 9.77. The van der Waals surface area contributed by atoms with Crippen molar-refractivity contribution in [3.8, 4) is 5.69 Å². The molecule has 4 heteroatoms. The van der Waals surface area contributed by atoms with Crippen molar-refractivity contribution >= 4 is 0 Å². The minimum atomic E-state index is -0.169. The number of para-hydroxylation sites is 1. The molecule has 4 nitrogen and oxygen atoms in total. The SMILES string of the molecule is CCCC(OCC)C(N)c1ccnn1-c1ccccc1. The van der Waals surface area contributed by atoms with Crippen molar-refractivity contribution in [2.75, 3.05) is 6.61 Å². The maximum absolute atomic E-state index is 6.41. The van der Waals surface area contributed by atoms with Crippen LogP contribution in [0.25, 0.3) is 5.69 Å². The first-order valence-corrected chi connectivity index (χ1v) is 7.24. The number of hydrogen-bond acceptors (Lipinski definition) is 3. The van der Waals surface area contributed by atoms with Crippen LogP contribution in [0.2, 0.25) is 0 Å². The Morgan fingerprint density at radius 1 is 1.20 bits per heavy atom. The summed E-state index contributed by atoms with van der Waals surface area (Å²) in [4.78, 5) is 0. The maximum Gasteiger partial charge on any atom is 0.0782 e. The molecule has 0 aliphatic carbocycles. The van der Waals surface area contributed by atoms with Crippen LogP contribution in [0.1, 0.15) is 38.4 Å². The number of aromatic nitrogens is 2. The van der Waals surface area contributed by atoms with Crippen molar-refractivity contribution in [1.29, 1.82) is 0 Å². The van der Waals surface area contributed by atoms with Crippen LogP contribution in [0.15, 0.2) is 42.6 Å². The summed E-state index contributed by atoms with van der Waals surface area (Å²) in [5.74, 6) is 0. The van der Waals surface area contributed by atoms with E-state index >= 15 is 0 Å². The molecule has 20 heavy (non-hydrogen) atoms. The second-order valence-corrected chi connectivity index (χ2v) is 4.81. The zero-order valence-electron chi connectivity index (χ0n) is 12.2. The van der Waals surface area contributed by atoms with Gasteiger partial charge in [0.1, 0.15) is 0 Å². The van der Waals surface area contributed by atoms with Gasteiger partial charge in [-0.25, -0.2) is 4.68 Å². The highest BCUT2D eigenvalue weighted by Crippen LogP contribution is 2.22. The van der Waals surface area contributed by atoms with Crippen LogP contribution in [-0.4, -0.2) is 22.5 Å². The van der Waals surface area contributed by atoms with Crippen molar-refractivity contribution in [1.82, 2.24) is 9.78 Å². The van der Waals surface area contributed by atoms with E-state index in [4.69, 9.17) is 10.5 Å². The van der Waals surface area contributed by atoms with Gasteiger partial charge >= 0.3 is 0 Å². The highest BCUT2D eigenvalue weighted by Gasteiger charge is 2.22. The third kappa shape index (κ3) is 3.26. The molecule has 2 N–H and O–H groups in total. The van der Waals surface area contributed by atoms with Gasteiger partial charge in [-0.2, -0.15) is 5.10 Å². The standard InChI is InChI=1S/C16H23N3O/c1-3-8-15(20-4-2)16(17)14-11-12-18-19(14)13-9-6-5-7-10-13/h5-7,9-12,15-16H,3-4,8,17H2,1-2H3. The summed E-state index contributed by atoms with van der Waals surface area (Å²) in [6.07, 6.45) is 3.83. The van der Waals surface area contributed by atoms with Crippen LogP contribution in [0, 0.1) is 0 Å². The van der Waals surface area contributed by atoms with E-state index in [1.807, 2.05) is 48.0 Å². The lowest BCUT2D eigenvalue weighted by molar-refractivity contribution is 0.0360. The van der Waals surface area contributed by atoms with Crippen molar-refractivity contribution < 1.29 is 4.74 Å². The van der Waals surface area contributed by atoms with E-state index in [0.717, 1.165) is 24.2 Å². The largest absolute Gasteiger partial charge is 0.376 e. The molecule has 0 amide bonds. The summed E-state index contributed by atoms with van der Waals surface area (Å²) >= 11 is 0. The normalized spacial score (nSPS) is 14.2. The quantitative estimate of drug-likeness (QED) is 0.843. The van der Waals surface area contributed by atoms with Gasteiger partial charge in [-0.3, -0.25) is 0 Å². The maximum atomic E-state index is 6.41. The molecule has 0 saturated heterocycles. The van der Waals surface area contributed by atoms with E-state index in [1.54, 1.807) is 6.20 Å². The van der Waals surface area contributed by atoms with Crippen molar-refractivity contribution in [3.63, 3.8) is 0 Å². The average Bonchev–Trinajstić information content (AvgIpc) is 2.96. The molecule has 0 radical (unpaired) electrons. The van der Waals surface area contributed by atoms with Gasteiger partial charge in [-0.1, -0.05) is 31.5 Å². The van der Waals surface area contributed by atoms with Crippen LogP contribution in [-0.2, 0) is 4.74 Å². The Balaban J connectivity index is 2.26. The molecule has 0 aliphatic rings. The molecule has 2 rings (SSSR count). The predicted octanol–water partition coefficient (Wildman–Crippen LogP) is 3.08. The zero-order chi connectivity index (χ0) is 14.4. The van der Waals surface area contributed by atoms with Gasteiger partial charge in [-0.05, 0) is 31.5 Å². The van der Waals surface area contributed by atoms with Crippen LogP contribution >= 0.6 is 0 Å². The molecule has 0 fully saturated rings. The second kappa shape index (κ2) is 7.22. The van der Waals surface area contributed by atoms with Gasteiger partial charge in [0.2, 0.25) is 0 Å². The Morgan fingerprint density at radius 2 is 1.95 bits per heavy atom. The lowest BCUT2D eigenvalue weighted by Crippen LogP contribution is -2.30. The van der Waals surface area contributed by atoms with Crippen molar-refractivity contribution in [3.05, 3.63) is 48.3 Å². The monoisotopic (exact) mass is 273 g/mol. The molecule has 108 valence electrons. The molecule has 2 atom stereocenters. The Labute approximate surface area is 120 Å². The van der Waals surface area contributed by atoms with Crippen molar-refractivity contribution in [2.45, 2.75) is 38.8 Å². The first kappa shape index (κ1) is 14.8. The van der Waals surface area contributed by atoms with Gasteiger partial charge in [-0.15, -0.1) is 0 Å². The van der Waals surface area contributed by atoms with E-state index in [0.29, 0.717) is 6.61 Å². The summed E-state index contributed by atoms with van der Waals surface area (Å²) in [5, 5.41) is 4.39. The molecule has 1 aromatic heterocycles. The Morgan fingerprint density at radius 3 is 2.60 bits per heavy atom. The average molecular weight is 273 g/mol. The molecule has 0 bridgehead atoms. The number of nitrogens with zero attached hydrogens (tertiary/aromatic N) is 2. The topological polar surface area (TPSA) is 53.1 Å². The van der Waals surface area contributed by atoms with E-state index < -0.39 is 0 Å². The highest BCUT2D eigenvalue weighted by molar-refractivity contribution is 5.33. The molecule has 2 aromatic rings. The molecule has 0 aliphatic heterocycles. The summed E-state index contributed by atoms with van der Waals surface area (Å²) in [7, 11) is 0. The second-order valence-electron chi connectivity index (χ2n) is 4.81. The fourth-order valence-electron chi connectivity index (χ4n) is 2.41. The Hall–Kier alpha value is -1.65. The minimum Gasteiger partial charge on any atom is -0.376 e. The van der Waals surface area contributed by atoms with Gasteiger partial charge in [0, 0.05) is 12.8 Å². The van der Waals surface area contributed by atoms with Gasteiger partial charge < -0.3 is 10.5 Å². The van der Waals surface area contributed by atoms with Crippen LogP contribution in [0.5, 0.6) is 0 Å². The summed E-state index contributed by atoms with van der Waals surface area (Å²) in [6.45, 7) is 4.83. The lowest BCUT2D eigenvalue weighted by Gasteiger charge is -2.24. The lowest BCUT2D eigenvalue weighted by atomic mass is 10.0. The number of nitrogens with two attached hydrogens (primary N) is 1. The molecule has 1 aromatic carbocycles. The summed E-state index contributed by atoms with van der Waals surface area (Å²) < 4.78 is 7.69. The molecule has 2 unspecified atom stereocenters. The van der Waals surface area contributed by atoms with E-state index in [-0.39, 0.29) is 12.1 Å². The van der Waals surface area contributed by atoms with Crippen LogP contribution in [0.3, 0.4) is 0 Å². The Bertz CT molecular complexity index is 503. The zero-order valence-corrected chi connectivity index (χ0v) is 12.2. The fraction of sp³-hybridized carbons (Fsp3) is 0.438. The smallest absolute Gasteiger partial charge is 0.0782 e. The third-order valence-electron chi connectivity index (χ3n) is 3.37. The summed E-state index contributed by atoms with van der Waals surface area (Å²) in [5.41, 5.74) is 8.42. The third-order valence-corrected chi connectivity index (χ3v) is 3.37. The number of rotatable bonds is 7. The molecular weight excluding hydrogens is 250 g/mol. The van der Waals surface area contributed by atoms with Crippen molar-refractivity contribution in [2.24, 2.45) is 5.73 Å². The van der Waals surface area contributed by atoms with Crippen LogP contribution in [0.4, 0.5) is 0 Å². The molecule has 1 heterocycles. The summed E-state index contributed by atoms with van der Waals surface area (Å²) in [6, 6.07) is 11.8. The van der Waals surface area contributed by atoms with E-state index in [9.17, 15) is 0 Å². The fourth-order valence-corrected chi connectivity index (χ4v) is 2.41. The number of benzene rings is 1. The molecular formula is C16H23N3O. The van der Waals surface area contributed by atoms with Gasteiger partial charge in [0.05, 0.1) is 23.5 Å². The molecule has 0 saturated carbocycles. The van der Waals surface area contributed by atoms with Crippen LogP contribution < -0.4 is 5.73 Å². The van der Waals surface area contributed by atoms with E-state index in [2.05, 4.69) is 12.0 Å².